The first-order valence-corrected chi connectivity index (χ1v) is 10.9. The number of sulfonamides is 1. The Morgan fingerprint density at radius 1 is 1.07 bits per heavy atom. The average molecular weight is 407 g/mol. The van der Waals surface area contributed by atoms with Gasteiger partial charge in [0.15, 0.2) is 0 Å². The summed E-state index contributed by atoms with van der Waals surface area (Å²) in [6.07, 6.45) is 3.27. The molecule has 2 aliphatic rings. The number of amides is 3. The van der Waals surface area contributed by atoms with E-state index in [0.29, 0.717) is 18.5 Å². The van der Waals surface area contributed by atoms with Crippen LogP contribution in [0.5, 0.6) is 0 Å². The van der Waals surface area contributed by atoms with Crippen LogP contribution in [0.3, 0.4) is 0 Å². The first-order chi connectivity index (χ1) is 13.2. The molecule has 2 atom stereocenters. The standard InChI is InChI=1S/C19H25N3O5S/c1-12(2)21-28(26,27)14-9-7-13(8-10-14)20-17(23)11-22-18(24)15-5-3-4-6-16(15)19(22)25/h7-10,12,15-16,21H,3-6,11H2,1-2H3,(H,20,23)/t15-,16+. The predicted molar refractivity (Wildman–Crippen MR) is 103 cm³/mol. The second-order valence-corrected chi connectivity index (χ2v) is 9.32. The van der Waals surface area contributed by atoms with Crippen LogP contribution in [0.1, 0.15) is 39.5 Å². The van der Waals surface area contributed by atoms with Crippen molar-refractivity contribution < 1.29 is 22.8 Å². The van der Waals surface area contributed by atoms with Crippen molar-refractivity contribution in [3.63, 3.8) is 0 Å². The Morgan fingerprint density at radius 2 is 1.61 bits per heavy atom. The van der Waals surface area contributed by atoms with E-state index in [0.717, 1.165) is 17.7 Å². The molecule has 9 heteroatoms. The molecule has 152 valence electrons. The molecular formula is C19H25N3O5S. The molecule has 0 unspecified atom stereocenters. The number of rotatable bonds is 6. The maximum absolute atomic E-state index is 12.4. The van der Waals surface area contributed by atoms with Gasteiger partial charge in [0, 0.05) is 11.7 Å². The quantitative estimate of drug-likeness (QED) is 0.694. The summed E-state index contributed by atoms with van der Waals surface area (Å²) in [6, 6.07) is 5.49. The second-order valence-electron chi connectivity index (χ2n) is 7.61. The van der Waals surface area contributed by atoms with Crippen molar-refractivity contribution in [2.24, 2.45) is 11.8 Å². The Bertz CT molecular complexity index is 855. The maximum Gasteiger partial charge on any atom is 0.244 e. The summed E-state index contributed by atoms with van der Waals surface area (Å²) in [6.45, 7) is 3.13. The molecule has 1 aliphatic heterocycles. The minimum atomic E-state index is -3.61. The lowest BCUT2D eigenvalue weighted by atomic mass is 9.81. The number of likely N-dealkylation sites (tertiary alicyclic amines) is 1. The molecule has 0 spiro atoms. The van der Waals surface area contributed by atoms with Crippen molar-refractivity contribution in [3.05, 3.63) is 24.3 Å². The Balaban J connectivity index is 1.62. The van der Waals surface area contributed by atoms with Crippen molar-refractivity contribution >= 4 is 33.4 Å². The molecule has 1 aromatic carbocycles. The highest BCUT2D eigenvalue weighted by Crippen LogP contribution is 2.37. The molecule has 1 aliphatic carbocycles. The fourth-order valence-corrected chi connectivity index (χ4v) is 5.08. The van der Waals surface area contributed by atoms with Gasteiger partial charge in [-0.05, 0) is 51.0 Å². The van der Waals surface area contributed by atoms with E-state index in [2.05, 4.69) is 10.0 Å². The van der Waals surface area contributed by atoms with E-state index in [9.17, 15) is 22.8 Å². The number of benzene rings is 1. The summed E-state index contributed by atoms with van der Waals surface area (Å²) in [4.78, 5) is 38.3. The number of hydrogen-bond donors (Lipinski definition) is 2. The van der Waals surface area contributed by atoms with E-state index in [1.807, 2.05) is 0 Å². The van der Waals surface area contributed by atoms with Gasteiger partial charge in [-0.2, -0.15) is 0 Å². The fraction of sp³-hybridized carbons (Fsp3) is 0.526. The van der Waals surface area contributed by atoms with Gasteiger partial charge in [0.25, 0.3) is 0 Å². The van der Waals surface area contributed by atoms with Crippen LogP contribution in [0.25, 0.3) is 0 Å². The average Bonchev–Trinajstić information content (AvgIpc) is 2.86. The number of carbonyl (C=O) groups is 3. The number of hydrogen-bond acceptors (Lipinski definition) is 5. The van der Waals surface area contributed by atoms with E-state index in [1.165, 1.54) is 24.3 Å². The highest BCUT2D eigenvalue weighted by molar-refractivity contribution is 7.89. The molecule has 2 fully saturated rings. The zero-order chi connectivity index (χ0) is 20.5. The smallest absolute Gasteiger partial charge is 0.244 e. The van der Waals surface area contributed by atoms with Crippen molar-refractivity contribution in [2.45, 2.75) is 50.5 Å². The maximum atomic E-state index is 12.4. The van der Waals surface area contributed by atoms with Gasteiger partial charge in [-0.1, -0.05) is 12.8 Å². The molecule has 1 saturated heterocycles. The van der Waals surface area contributed by atoms with Crippen LogP contribution in [0, 0.1) is 11.8 Å². The second kappa shape index (κ2) is 8.00. The number of nitrogens with zero attached hydrogens (tertiary/aromatic N) is 1. The number of imide groups is 1. The molecule has 0 bridgehead atoms. The third-order valence-electron chi connectivity index (χ3n) is 5.07. The van der Waals surface area contributed by atoms with Crippen LogP contribution in [-0.2, 0) is 24.4 Å². The Kier molecular flexibility index (Phi) is 5.85. The highest BCUT2D eigenvalue weighted by Gasteiger charge is 2.48. The summed E-state index contributed by atoms with van der Waals surface area (Å²) < 4.78 is 26.7. The largest absolute Gasteiger partial charge is 0.325 e. The first kappa shape index (κ1) is 20.5. The lowest BCUT2D eigenvalue weighted by molar-refractivity contribution is -0.142. The van der Waals surface area contributed by atoms with Gasteiger partial charge in [0.2, 0.25) is 27.7 Å². The molecule has 3 rings (SSSR count). The van der Waals surface area contributed by atoms with Crippen LogP contribution in [0.15, 0.2) is 29.2 Å². The first-order valence-electron chi connectivity index (χ1n) is 9.46. The SMILES string of the molecule is CC(C)NS(=O)(=O)c1ccc(NC(=O)CN2C(=O)[C@H]3CCCC[C@H]3C2=O)cc1. The van der Waals surface area contributed by atoms with Gasteiger partial charge >= 0.3 is 0 Å². The molecule has 2 N–H and O–H groups in total. The number of carbonyl (C=O) groups excluding carboxylic acids is 3. The number of nitrogens with one attached hydrogen (secondary N) is 2. The molecule has 28 heavy (non-hydrogen) atoms. The minimum Gasteiger partial charge on any atom is -0.325 e. The lowest BCUT2D eigenvalue weighted by Crippen LogP contribution is -2.38. The van der Waals surface area contributed by atoms with Crippen molar-refractivity contribution in [1.82, 2.24) is 9.62 Å². The van der Waals surface area contributed by atoms with Gasteiger partial charge in [-0.3, -0.25) is 19.3 Å². The van der Waals surface area contributed by atoms with Gasteiger partial charge in [0.1, 0.15) is 6.54 Å². The molecule has 3 amide bonds. The molecule has 0 aromatic heterocycles. The highest BCUT2D eigenvalue weighted by atomic mass is 32.2. The van der Waals surface area contributed by atoms with Gasteiger partial charge < -0.3 is 5.32 Å². The van der Waals surface area contributed by atoms with E-state index in [1.54, 1.807) is 13.8 Å². The zero-order valence-electron chi connectivity index (χ0n) is 16.0. The number of fused-ring (bicyclic) bond motifs is 1. The molecule has 1 heterocycles. The summed E-state index contributed by atoms with van der Waals surface area (Å²) in [7, 11) is -3.61. The minimum absolute atomic E-state index is 0.0909. The zero-order valence-corrected chi connectivity index (χ0v) is 16.8. The predicted octanol–water partition coefficient (Wildman–Crippen LogP) is 1.49. The summed E-state index contributed by atoms with van der Waals surface area (Å²) in [5.41, 5.74) is 0.394. The molecule has 1 aromatic rings. The Labute approximate surface area is 164 Å². The summed E-state index contributed by atoms with van der Waals surface area (Å²) >= 11 is 0. The number of anilines is 1. The Hall–Kier alpha value is -2.26. The van der Waals surface area contributed by atoms with Crippen LogP contribution < -0.4 is 10.0 Å². The van der Waals surface area contributed by atoms with Gasteiger partial charge in [-0.25, -0.2) is 13.1 Å². The lowest BCUT2D eigenvalue weighted by Gasteiger charge is -2.19. The Morgan fingerprint density at radius 3 is 2.11 bits per heavy atom. The van der Waals surface area contributed by atoms with Crippen LogP contribution in [-0.4, -0.2) is 43.6 Å². The van der Waals surface area contributed by atoms with E-state index in [-0.39, 0.29) is 41.1 Å². The molecule has 8 nitrogen and oxygen atoms in total. The van der Waals surface area contributed by atoms with Crippen LogP contribution in [0.2, 0.25) is 0 Å². The van der Waals surface area contributed by atoms with E-state index < -0.39 is 15.9 Å². The van der Waals surface area contributed by atoms with Crippen LogP contribution in [0.4, 0.5) is 5.69 Å². The molecule has 0 radical (unpaired) electrons. The van der Waals surface area contributed by atoms with E-state index in [4.69, 9.17) is 0 Å². The summed E-state index contributed by atoms with van der Waals surface area (Å²) in [5.74, 6) is -1.58. The van der Waals surface area contributed by atoms with Gasteiger partial charge in [-0.15, -0.1) is 0 Å². The monoisotopic (exact) mass is 407 g/mol. The molecule has 1 saturated carbocycles. The van der Waals surface area contributed by atoms with E-state index >= 15 is 0 Å². The topological polar surface area (TPSA) is 113 Å². The summed E-state index contributed by atoms with van der Waals surface area (Å²) in [5, 5.41) is 2.61. The van der Waals surface area contributed by atoms with Crippen molar-refractivity contribution in [1.29, 1.82) is 0 Å². The third-order valence-corrected chi connectivity index (χ3v) is 6.75. The third kappa shape index (κ3) is 4.25. The van der Waals surface area contributed by atoms with Gasteiger partial charge in [0.05, 0.1) is 16.7 Å². The van der Waals surface area contributed by atoms with Crippen LogP contribution >= 0.6 is 0 Å². The van der Waals surface area contributed by atoms with Crippen molar-refractivity contribution in [2.75, 3.05) is 11.9 Å². The van der Waals surface area contributed by atoms with Crippen molar-refractivity contribution in [3.8, 4) is 0 Å². The normalized spacial score (nSPS) is 22.5. The molecular weight excluding hydrogens is 382 g/mol. The fourth-order valence-electron chi connectivity index (χ4n) is 3.83.